The van der Waals surface area contributed by atoms with Crippen LogP contribution in [-0.4, -0.2) is 48.6 Å². The molecule has 0 saturated heterocycles. The molecule has 1 aliphatic carbocycles. The van der Waals surface area contributed by atoms with E-state index in [1.54, 1.807) is 0 Å². The second-order valence-corrected chi connectivity index (χ2v) is 4.09. The zero-order valence-corrected chi connectivity index (χ0v) is 9.52. The number of hydrogen-bond donors (Lipinski definition) is 3. The van der Waals surface area contributed by atoms with E-state index in [0.29, 0.717) is 19.8 Å². The first-order valence-electron chi connectivity index (χ1n) is 5.90. The number of aliphatic hydroxyl groups is 2. The summed E-state index contributed by atoms with van der Waals surface area (Å²) in [6.45, 7) is 1.12. The highest BCUT2D eigenvalue weighted by molar-refractivity contribution is 5.79. The number of aliphatic hydroxyl groups excluding tert-OH is 2. The minimum Gasteiger partial charge on any atom is -0.394 e. The van der Waals surface area contributed by atoms with Gasteiger partial charge in [-0.2, -0.15) is 0 Å². The zero-order chi connectivity index (χ0) is 11.8. The van der Waals surface area contributed by atoms with E-state index < -0.39 is 6.10 Å². The molecule has 1 aliphatic rings. The fourth-order valence-electron chi connectivity index (χ4n) is 1.96. The Morgan fingerprint density at radius 1 is 1.31 bits per heavy atom. The molecule has 0 spiro atoms. The lowest BCUT2D eigenvalue weighted by molar-refractivity contribution is -0.130. The highest BCUT2D eigenvalue weighted by atomic mass is 16.5. The van der Waals surface area contributed by atoms with Gasteiger partial charge in [-0.25, -0.2) is 0 Å². The molecule has 0 radical (unpaired) electrons. The third kappa shape index (κ3) is 4.47. The number of rotatable bonds is 6. The number of nitrogens with one attached hydrogen (secondary N) is 1. The fourth-order valence-corrected chi connectivity index (χ4v) is 1.96. The monoisotopic (exact) mass is 231 g/mol. The van der Waals surface area contributed by atoms with Crippen LogP contribution in [0.1, 0.15) is 25.7 Å². The van der Waals surface area contributed by atoms with E-state index in [1.807, 2.05) is 0 Å². The van der Waals surface area contributed by atoms with E-state index in [1.165, 1.54) is 0 Å². The smallest absolute Gasteiger partial charge is 0.225 e. The maximum Gasteiger partial charge on any atom is 0.225 e. The number of amides is 1. The Morgan fingerprint density at radius 2 is 2.06 bits per heavy atom. The largest absolute Gasteiger partial charge is 0.394 e. The Kier molecular flexibility index (Phi) is 6.37. The lowest BCUT2D eigenvalue weighted by Gasteiger charge is -2.26. The summed E-state index contributed by atoms with van der Waals surface area (Å²) in [5, 5.41) is 20.9. The van der Waals surface area contributed by atoms with Gasteiger partial charge in [0.1, 0.15) is 0 Å². The maximum absolute atomic E-state index is 11.7. The van der Waals surface area contributed by atoms with Crippen LogP contribution in [0.15, 0.2) is 0 Å². The zero-order valence-electron chi connectivity index (χ0n) is 9.52. The van der Waals surface area contributed by atoms with Crippen LogP contribution in [0.3, 0.4) is 0 Å². The molecule has 3 N–H and O–H groups in total. The Bertz CT molecular complexity index is 210. The van der Waals surface area contributed by atoms with Crippen molar-refractivity contribution in [1.82, 2.24) is 5.32 Å². The van der Waals surface area contributed by atoms with Crippen LogP contribution >= 0.6 is 0 Å². The molecule has 0 aliphatic heterocycles. The van der Waals surface area contributed by atoms with Crippen molar-refractivity contribution in [2.24, 2.45) is 5.92 Å². The first-order chi connectivity index (χ1) is 7.75. The third-order valence-electron chi connectivity index (χ3n) is 2.85. The van der Waals surface area contributed by atoms with E-state index in [2.05, 4.69) is 5.32 Å². The quantitative estimate of drug-likeness (QED) is 0.547. The summed E-state index contributed by atoms with van der Waals surface area (Å²) in [4.78, 5) is 11.7. The molecule has 94 valence electrons. The molecule has 16 heavy (non-hydrogen) atoms. The molecule has 0 heterocycles. The van der Waals surface area contributed by atoms with Crippen molar-refractivity contribution in [3.05, 3.63) is 0 Å². The molecule has 1 saturated carbocycles. The van der Waals surface area contributed by atoms with Crippen molar-refractivity contribution in [2.75, 3.05) is 26.4 Å². The molecule has 5 heteroatoms. The first kappa shape index (κ1) is 13.4. The van der Waals surface area contributed by atoms with Crippen molar-refractivity contribution in [2.45, 2.75) is 31.8 Å². The molecule has 0 aromatic rings. The summed E-state index contributed by atoms with van der Waals surface area (Å²) in [7, 11) is 0. The number of hydrogen-bond acceptors (Lipinski definition) is 4. The molecular formula is C11H21NO4. The van der Waals surface area contributed by atoms with Crippen LogP contribution in [0.2, 0.25) is 0 Å². The van der Waals surface area contributed by atoms with Crippen LogP contribution in [0.25, 0.3) is 0 Å². The molecule has 2 unspecified atom stereocenters. The Hall–Kier alpha value is -0.650. The predicted molar refractivity (Wildman–Crippen MR) is 58.9 cm³/mol. The van der Waals surface area contributed by atoms with Crippen molar-refractivity contribution < 1.29 is 19.7 Å². The first-order valence-corrected chi connectivity index (χ1v) is 5.90. The molecule has 0 aromatic heterocycles. The molecular weight excluding hydrogens is 210 g/mol. The fraction of sp³-hybridized carbons (Fsp3) is 0.909. The molecule has 1 rings (SSSR count). The van der Waals surface area contributed by atoms with Gasteiger partial charge in [-0.1, -0.05) is 12.8 Å². The standard InChI is InChI=1S/C11H21NO4/c13-6-8-16-7-5-12-11(15)9-3-1-2-4-10(9)14/h9-10,13-14H,1-8H2,(H,12,15). The van der Waals surface area contributed by atoms with Crippen LogP contribution in [0.4, 0.5) is 0 Å². The summed E-state index contributed by atoms with van der Waals surface area (Å²) in [5.41, 5.74) is 0. The Morgan fingerprint density at radius 3 is 2.75 bits per heavy atom. The van der Waals surface area contributed by atoms with Gasteiger partial charge in [0.2, 0.25) is 5.91 Å². The van der Waals surface area contributed by atoms with Gasteiger partial charge in [0.05, 0.1) is 31.8 Å². The summed E-state index contributed by atoms with van der Waals surface area (Å²) in [6.07, 6.45) is 3.01. The lowest BCUT2D eigenvalue weighted by Crippen LogP contribution is -2.40. The summed E-state index contributed by atoms with van der Waals surface area (Å²) in [6, 6.07) is 0. The highest BCUT2D eigenvalue weighted by Gasteiger charge is 2.28. The number of carbonyl (C=O) groups is 1. The Labute approximate surface area is 95.8 Å². The molecule has 0 bridgehead atoms. The SMILES string of the molecule is O=C(NCCOCCO)C1CCCCC1O. The van der Waals surface area contributed by atoms with Crippen molar-refractivity contribution >= 4 is 5.91 Å². The van der Waals surface area contributed by atoms with Gasteiger partial charge >= 0.3 is 0 Å². The van der Waals surface area contributed by atoms with Gasteiger partial charge in [0.15, 0.2) is 0 Å². The van der Waals surface area contributed by atoms with Gasteiger partial charge < -0.3 is 20.3 Å². The van der Waals surface area contributed by atoms with Gasteiger partial charge in [-0.05, 0) is 12.8 Å². The van der Waals surface area contributed by atoms with Gasteiger partial charge in [0.25, 0.3) is 0 Å². The maximum atomic E-state index is 11.7. The van der Waals surface area contributed by atoms with Crippen LogP contribution in [0.5, 0.6) is 0 Å². The average Bonchev–Trinajstić information content (AvgIpc) is 2.29. The van der Waals surface area contributed by atoms with Crippen LogP contribution < -0.4 is 5.32 Å². The van der Waals surface area contributed by atoms with E-state index >= 15 is 0 Å². The number of ether oxygens (including phenoxy) is 1. The predicted octanol–water partition coefficient (Wildman–Crippen LogP) is -0.337. The molecule has 0 aromatic carbocycles. The molecule has 1 amide bonds. The Balaban J connectivity index is 2.13. The highest BCUT2D eigenvalue weighted by Crippen LogP contribution is 2.24. The minimum absolute atomic E-state index is 0.00468. The summed E-state index contributed by atoms with van der Waals surface area (Å²) < 4.78 is 5.02. The van der Waals surface area contributed by atoms with Crippen molar-refractivity contribution in [1.29, 1.82) is 0 Å². The van der Waals surface area contributed by atoms with Crippen molar-refractivity contribution in [3.8, 4) is 0 Å². The molecule has 2 atom stereocenters. The second kappa shape index (κ2) is 7.60. The summed E-state index contributed by atoms with van der Waals surface area (Å²) >= 11 is 0. The van der Waals surface area contributed by atoms with Gasteiger partial charge in [-0.3, -0.25) is 4.79 Å². The van der Waals surface area contributed by atoms with Gasteiger partial charge in [-0.15, -0.1) is 0 Å². The number of carbonyl (C=O) groups excluding carboxylic acids is 1. The van der Waals surface area contributed by atoms with E-state index in [4.69, 9.17) is 9.84 Å². The summed E-state index contributed by atoms with van der Waals surface area (Å²) in [5.74, 6) is -0.341. The molecule has 5 nitrogen and oxygen atoms in total. The molecule has 1 fully saturated rings. The van der Waals surface area contributed by atoms with Crippen LogP contribution in [0, 0.1) is 5.92 Å². The second-order valence-electron chi connectivity index (χ2n) is 4.09. The topological polar surface area (TPSA) is 78.8 Å². The normalized spacial score (nSPS) is 25.4. The third-order valence-corrected chi connectivity index (χ3v) is 2.85. The minimum atomic E-state index is -0.493. The van der Waals surface area contributed by atoms with E-state index in [-0.39, 0.29) is 18.4 Å². The van der Waals surface area contributed by atoms with Gasteiger partial charge in [0, 0.05) is 6.54 Å². The average molecular weight is 231 g/mol. The lowest BCUT2D eigenvalue weighted by atomic mass is 9.86. The van der Waals surface area contributed by atoms with Crippen LogP contribution in [-0.2, 0) is 9.53 Å². The van der Waals surface area contributed by atoms with E-state index in [0.717, 1.165) is 25.7 Å². The van der Waals surface area contributed by atoms with Crippen molar-refractivity contribution in [3.63, 3.8) is 0 Å². The van der Waals surface area contributed by atoms with E-state index in [9.17, 15) is 9.90 Å².